The molecule has 6 nitrogen and oxygen atoms in total. The zero-order valence-corrected chi connectivity index (χ0v) is 16.2. The van der Waals surface area contributed by atoms with Crippen molar-refractivity contribution >= 4 is 31.4 Å². The van der Waals surface area contributed by atoms with E-state index >= 15 is 0 Å². The van der Waals surface area contributed by atoms with Gasteiger partial charge >= 0.3 is 0 Å². The Bertz CT molecular complexity index is 987. The maximum atomic E-state index is 12.4. The number of rotatable bonds is 6. The number of nitrogens with one attached hydrogen (secondary N) is 1. The molecular formula is C18H22N2O4S2. The zero-order valence-electron chi connectivity index (χ0n) is 14.6. The average molecular weight is 395 g/mol. The Morgan fingerprint density at radius 1 is 1.12 bits per heavy atom. The van der Waals surface area contributed by atoms with E-state index in [2.05, 4.69) is 4.72 Å². The standard InChI is InChI=1S/C18H22N2O4S2/c1-15-8-9-17(20-11-5-12-26(20,23)24)14-18(15)19-25(21,22)13-10-16-6-3-2-4-7-16/h2-4,6-9,14,19H,5,10-13H2,1H3. The second kappa shape index (κ2) is 7.28. The molecule has 1 aliphatic rings. The van der Waals surface area contributed by atoms with Gasteiger partial charge in [-0.3, -0.25) is 9.03 Å². The van der Waals surface area contributed by atoms with Crippen LogP contribution in [0.2, 0.25) is 0 Å². The first kappa shape index (κ1) is 18.7. The lowest BCUT2D eigenvalue weighted by molar-refractivity contribution is 0.598. The molecule has 0 aromatic heterocycles. The van der Waals surface area contributed by atoms with Crippen LogP contribution in [0, 0.1) is 6.92 Å². The van der Waals surface area contributed by atoms with Gasteiger partial charge in [0.05, 0.1) is 22.9 Å². The normalized spacial score (nSPS) is 16.6. The van der Waals surface area contributed by atoms with Gasteiger partial charge in [0.15, 0.2) is 0 Å². The maximum absolute atomic E-state index is 12.4. The van der Waals surface area contributed by atoms with Crippen molar-refractivity contribution in [3.63, 3.8) is 0 Å². The largest absolute Gasteiger partial charge is 0.283 e. The van der Waals surface area contributed by atoms with Gasteiger partial charge in [-0.05, 0) is 43.0 Å². The number of benzene rings is 2. The molecule has 2 aromatic rings. The highest BCUT2D eigenvalue weighted by atomic mass is 32.2. The highest BCUT2D eigenvalue weighted by Gasteiger charge is 2.28. The van der Waals surface area contributed by atoms with Crippen LogP contribution in [-0.2, 0) is 26.5 Å². The topological polar surface area (TPSA) is 83.6 Å². The highest BCUT2D eigenvalue weighted by molar-refractivity contribution is 7.93. The van der Waals surface area contributed by atoms with Crippen LogP contribution in [0.25, 0.3) is 0 Å². The van der Waals surface area contributed by atoms with Gasteiger partial charge in [-0.2, -0.15) is 0 Å². The molecule has 1 aliphatic heterocycles. The van der Waals surface area contributed by atoms with Gasteiger partial charge in [0.25, 0.3) is 0 Å². The lowest BCUT2D eigenvalue weighted by Gasteiger charge is -2.19. The van der Waals surface area contributed by atoms with Crippen LogP contribution < -0.4 is 9.03 Å². The molecule has 1 N–H and O–H groups in total. The molecule has 0 bridgehead atoms. The molecule has 1 fully saturated rings. The summed E-state index contributed by atoms with van der Waals surface area (Å²) in [7, 11) is -6.85. The first-order valence-corrected chi connectivity index (χ1v) is 11.7. The Morgan fingerprint density at radius 2 is 1.85 bits per heavy atom. The first-order chi connectivity index (χ1) is 12.3. The summed E-state index contributed by atoms with van der Waals surface area (Å²) in [4.78, 5) is 0. The molecule has 0 radical (unpaired) electrons. The molecule has 1 heterocycles. The Kier molecular flexibility index (Phi) is 5.24. The molecular weight excluding hydrogens is 372 g/mol. The zero-order chi connectivity index (χ0) is 18.8. The molecule has 1 saturated heterocycles. The maximum Gasteiger partial charge on any atom is 0.235 e. The number of anilines is 2. The lowest BCUT2D eigenvalue weighted by atomic mass is 10.2. The van der Waals surface area contributed by atoms with Crippen LogP contribution >= 0.6 is 0 Å². The molecule has 0 amide bonds. The molecule has 0 unspecified atom stereocenters. The van der Waals surface area contributed by atoms with Crippen LogP contribution in [0.5, 0.6) is 0 Å². The van der Waals surface area contributed by atoms with Crippen molar-refractivity contribution in [3.8, 4) is 0 Å². The van der Waals surface area contributed by atoms with E-state index in [9.17, 15) is 16.8 Å². The first-order valence-electron chi connectivity index (χ1n) is 8.42. The quantitative estimate of drug-likeness (QED) is 0.816. The van der Waals surface area contributed by atoms with Crippen LogP contribution in [0.1, 0.15) is 17.5 Å². The van der Waals surface area contributed by atoms with E-state index in [-0.39, 0.29) is 11.5 Å². The number of sulfonamides is 2. The lowest BCUT2D eigenvalue weighted by Crippen LogP contribution is -2.25. The minimum atomic E-state index is -3.54. The highest BCUT2D eigenvalue weighted by Crippen LogP contribution is 2.29. The summed E-state index contributed by atoms with van der Waals surface area (Å²) in [5, 5.41) is 0. The smallest absolute Gasteiger partial charge is 0.235 e. The predicted octanol–water partition coefficient (Wildman–Crippen LogP) is 2.52. The number of nitrogens with zero attached hydrogens (tertiary/aromatic N) is 1. The third kappa shape index (κ3) is 4.37. The van der Waals surface area contributed by atoms with E-state index < -0.39 is 20.0 Å². The van der Waals surface area contributed by atoms with Gasteiger partial charge in [0, 0.05) is 6.54 Å². The van der Waals surface area contributed by atoms with Crippen molar-refractivity contribution in [2.24, 2.45) is 0 Å². The summed E-state index contributed by atoms with van der Waals surface area (Å²) in [6, 6.07) is 14.5. The second-order valence-corrected chi connectivity index (χ2v) is 10.3. The third-order valence-corrected chi connectivity index (χ3v) is 7.52. The summed E-state index contributed by atoms with van der Waals surface area (Å²) >= 11 is 0. The summed E-state index contributed by atoms with van der Waals surface area (Å²) in [6.07, 6.45) is 0.990. The molecule has 140 valence electrons. The Labute approximate surface area is 155 Å². The SMILES string of the molecule is Cc1ccc(N2CCCS2(=O)=O)cc1NS(=O)(=O)CCc1ccccc1. The van der Waals surface area contributed by atoms with Gasteiger partial charge in [0.2, 0.25) is 20.0 Å². The minimum Gasteiger partial charge on any atom is -0.283 e. The van der Waals surface area contributed by atoms with Crippen molar-refractivity contribution < 1.29 is 16.8 Å². The molecule has 8 heteroatoms. The second-order valence-electron chi connectivity index (χ2n) is 6.40. The average Bonchev–Trinajstić information content (AvgIpc) is 2.95. The van der Waals surface area contributed by atoms with Crippen molar-refractivity contribution in [3.05, 3.63) is 59.7 Å². The monoisotopic (exact) mass is 394 g/mol. The molecule has 2 aromatic carbocycles. The van der Waals surface area contributed by atoms with Crippen LogP contribution in [0.4, 0.5) is 11.4 Å². The number of hydrogen-bond donors (Lipinski definition) is 1. The molecule has 0 aliphatic carbocycles. The van der Waals surface area contributed by atoms with Crippen molar-refractivity contribution in [1.82, 2.24) is 0 Å². The summed E-state index contributed by atoms with van der Waals surface area (Å²) in [5.41, 5.74) is 2.60. The van der Waals surface area contributed by atoms with Gasteiger partial charge in [0.1, 0.15) is 0 Å². The minimum absolute atomic E-state index is 0.0390. The Balaban J connectivity index is 1.77. The number of hydrogen-bond acceptors (Lipinski definition) is 4. The summed E-state index contributed by atoms with van der Waals surface area (Å²) in [6.45, 7) is 2.21. The summed E-state index contributed by atoms with van der Waals surface area (Å²) in [5.74, 6) is 0.0850. The van der Waals surface area contributed by atoms with Crippen LogP contribution in [0.3, 0.4) is 0 Å². The molecule has 0 spiro atoms. The predicted molar refractivity (Wildman–Crippen MR) is 104 cm³/mol. The van der Waals surface area contributed by atoms with E-state index in [1.165, 1.54) is 4.31 Å². The summed E-state index contributed by atoms with van der Waals surface area (Å²) < 4.78 is 53.0. The fraction of sp³-hybridized carbons (Fsp3) is 0.333. The van der Waals surface area contributed by atoms with Crippen molar-refractivity contribution in [1.29, 1.82) is 0 Å². The molecule has 0 saturated carbocycles. The third-order valence-electron chi connectivity index (χ3n) is 4.38. The molecule has 26 heavy (non-hydrogen) atoms. The van der Waals surface area contributed by atoms with E-state index in [0.29, 0.717) is 30.8 Å². The van der Waals surface area contributed by atoms with Gasteiger partial charge in [-0.1, -0.05) is 36.4 Å². The van der Waals surface area contributed by atoms with E-state index in [4.69, 9.17) is 0 Å². The fourth-order valence-electron chi connectivity index (χ4n) is 2.92. The Hall–Kier alpha value is -2.06. The van der Waals surface area contributed by atoms with E-state index in [1.54, 1.807) is 25.1 Å². The molecule has 3 rings (SSSR count). The van der Waals surface area contributed by atoms with Crippen molar-refractivity contribution in [2.45, 2.75) is 19.8 Å². The van der Waals surface area contributed by atoms with E-state index in [1.807, 2.05) is 30.3 Å². The molecule has 0 atom stereocenters. The van der Waals surface area contributed by atoms with Gasteiger partial charge in [-0.15, -0.1) is 0 Å². The Morgan fingerprint density at radius 3 is 2.50 bits per heavy atom. The van der Waals surface area contributed by atoms with E-state index in [0.717, 1.165) is 11.1 Å². The van der Waals surface area contributed by atoms with Crippen LogP contribution in [0.15, 0.2) is 48.5 Å². The van der Waals surface area contributed by atoms with Crippen LogP contribution in [-0.4, -0.2) is 34.9 Å². The van der Waals surface area contributed by atoms with Crippen molar-refractivity contribution in [2.75, 3.05) is 27.1 Å². The van der Waals surface area contributed by atoms with Gasteiger partial charge < -0.3 is 0 Å². The van der Waals surface area contributed by atoms with Gasteiger partial charge in [-0.25, -0.2) is 16.8 Å². The number of aryl methyl sites for hydroxylation is 2. The fourth-order valence-corrected chi connectivity index (χ4v) is 5.64.